The number of aromatic nitrogens is 2. The summed E-state index contributed by atoms with van der Waals surface area (Å²) in [5.41, 5.74) is 6.40. The predicted molar refractivity (Wildman–Crippen MR) is 70.3 cm³/mol. The molecule has 1 aromatic rings. The van der Waals surface area contributed by atoms with Crippen LogP contribution >= 0.6 is 11.6 Å². The zero-order chi connectivity index (χ0) is 13.1. The fourth-order valence-corrected chi connectivity index (χ4v) is 2.69. The van der Waals surface area contributed by atoms with Crippen molar-refractivity contribution >= 4 is 23.5 Å². The van der Waals surface area contributed by atoms with Crippen molar-refractivity contribution in [1.29, 1.82) is 0 Å². The molecule has 0 aliphatic heterocycles. The van der Waals surface area contributed by atoms with E-state index in [0.29, 0.717) is 11.7 Å². The van der Waals surface area contributed by atoms with Crippen LogP contribution in [-0.4, -0.2) is 22.4 Å². The number of carbonyl (C=O) groups is 1. The van der Waals surface area contributed by atoms with Gasteiger partial charge in [-0.05, 0) is 38.3 Å². The third-order valence-corrected chi connectivity index (χ3v) is 3.55. The number of nitrogens with two attached hydrogens (primary N) is 1. The zero-order valence-corrected chi connectivity index (χ0v) is 11.1. The van der Waals surface area contributed by atoms with Crippen molar-refractivity contribution in [2.75, 3.05) is 11.9 Å². The molecule has 3 N–H and O–H groups in total. The summed E-state index contributed by atoms with van der Waals surface area (Å²) in [6, 6.07) is 1.65. The standard InChI is InChI=1S/C12H17ClN4O/c1-7-5-10(13)16-12(15-7)17-11(18)9-4-2-3-8(9)6-14/h5,8-9H,2-4,6,14H2,1H3,(H,15,16,17,18). The molecule has 1 aliphatic rings. The smallest absolute Gasteiger partial charge is 0.231 e. The average molecular weight is 269 g/mol. The number of nitrogens with one attached hydrogen (secondary N) is 1. The molecule has 2 rings (SSSR count). The van der Waals surface area contributed by atoms with Crippen LogP contribution in [0, 0.1) is 18.8 Å². The highest BCUT2D eigenvalue weighted by Crippen LogP contribution is 2.31. The number of hydrogen-bond acceptors (Lipinski definition) is 4. The number of nitrogens with zero attached hydrogens (tertiary/aromatic N) is 2. The van der Waals surface area contributed by atoms with Gasteiger partial charge in [0.15, 0.2) is 0 Å². The Kier molecular flexibility index (Phi) is 4.14. The molecule has 1 aliphatic carbocycles. The van der Waals surface area contributed by atoms with Crippen molar-refractivity contribution in [2.45, 2.75) is 26.2 Å². The van der Waals surface area contributed by atoms with Crippen LogP contribution in [0.5, 0.6) is 0 Å². The fourth-order valence-electron chi connectivity index (χ4n) is 2.45. The minimum Gasteiger partial charge on any atom is -0.330 e. The SMILES string of the molecule is Cc1cc(Cl)nc(NC(=O)C2CCCC2CN)n1. The number of halogens is 1. The Labute approximate surface area is 111 Å². The first kappa shape index (κ1) is 13.2. The summed E-state index contributed by atoms with van der Waals surface area (Å²) in [4.78, 5) is 20.2. The fraction of sp³-hybridized carbons (Fsp3) is 0.583. The molecule has 0 bridgehead atoms. The summed E-state index contributed by atoms with van der Waals surface area (Å²) < 4.78 is 0. The lowest BCUT2D eigenvalue weighted by molar-refractivity contribution is -0.120. The molecule has 1 aromatic heterocycles. The normalized spacial score (nSPS) is 23.1. The molecule has 6 heteroatoms. The maximum absolute atomic E-state index is 12.1. The molecule has 1 amide bonds. The third kappa shape index (κ3) is 2.97. The van der Waals surface area contributed by atoms with Crippen molar-refractivity contribution in [3.8, 4) is 0 Å². The van der Waals surface area contributed by atoms with E-state index in [4.69, 9.17) is 17.3 Å². The van der Waals surface area contributed by atoms with E-state index in [1.807, 2.05) is 6.92 Å². The number of hydrogen-bond donors (Lipinski definition) is 2. The van der Waals surface area contributed by atoms with E-state index >= 15 is 0 Å². The summed E-state index contributed by atoms with van der Waals surface area (Å²) in [6.07, 6.45) is 2.95. The maximum atomic E-state index is 12.1. The summed E-state index contributed by atoms with van der Waals surface area (Å²) in [5, 5.41) is 3.06. The topological polar surface area (TPSA) is 80.9 Å². The van der Waals surface area contributed by atoms with Gasteiger partial charge in [0, 0.05) is 11.6 Å². The molecular formula is C12H17ClN4O. The lowest BCUT2D eigenvalue weighted by atomic mass is 9.95. The lowest BCUT2D eigenvalue weighted by Crippen LogP contribution is -2.30. The lowest BCUT2D eigenvalue weighted by Gasteiger charge is -2.16. The Morgan fingerprint density at radius 3 is 3.00 bits per heavy atom. The number of rotatable bonds is 3. The molecule has 5 nitrogen and oxygen atoms in total. The van der Waals surface area contributed by atoms with E-state index in [-0.39, 0.29) is 23.7 Å². The molecule has 98 valence electrons. The highest BCUT2D eigenvalue weighted by molar-refractivity contribution is 6.29. The number of amides is 1. The highest BCUT2D eigenvalue weighted by atomic mass is 35.5. The maximum Gasteiger partial charge on any atom is 0.231 e. The highest BCUT2D eigenvalue weighted by Gasteiger charge is 2.32. The van der Waals surface area contributed by atoms with Crippen molar-refractivity contribution in [3.05, 3.63) is 16.9 Å². The van der Waals surface area contributed by atoms with Crippen LogP contribution in [0.3, 0.4) is 0 Å². The van der Waals surface area contributed by atoms with E-state index in [2.05, 4.69) is 15.3 Å². The summed E-state index contributed by atoms with van der Waals surface area (Å²) in [6.45, 7) is 2.36. The van der Waals surface area contributed by atoms with Gasteiger partial charge in [0.25, 0.3) is 0 Å². The number of carbonyl (C=O) groups excluding carboxylic acids is 1. The quantitative estimate of drug-likeness (QED) is 0.819. The Balaban J connectivity index is 2.06. The second kappa shape index (κ2) is 5.63. The van der Waals surface area contributed by atoms with E-state index < -0.39 is 0 Å². The van der Waals surface area contributed by atoms with Gasteiger partial charge in [0.2, 0.25) is 11.9 Å². The van der Waals surface area contributed by atoms with Crippen LogP contribution in [0.4, 0.5) is 5.95 Å². The average Bonchev–Trinajstić information content (AvgIpc) is 2.75. The van der Waals surface area contributed by atoms with Crippen LogP contribution in [0.1, 0.15) is 25.0 Å². The second-order valence-electron chi connectivity index (χ2n) is 4.68. The van der Waals surface area contributed by atoms with E-state index in [1.54, 1.807) is 6.07 Å². The van der Waals surface area contributed by atoms with E-state index in [0.717, 1.165) is 25.0 Å². The van der Waals surface area contributed by atoms with Crippen molar-refractivity contribution in [2.24, 2.45) is 17.6 Å². The Hall–Kier alpha value is -1.20. The van der Waals surface area contributed by atoms with Crippen molar-refractivity contribution < 1.29 is 4.79 Å². The van der Waals surface area contributed by atoms with Crippen molar-refractivity contribution in [1.82, 2.24) is 9.97 Å². The first-order chi connectivity index (χ1) is 8.60. The minimum absolute atomic E-state index is 0.0297. The molecule has 2 atom stereocenters. The molecule has 18 heavy (non-hydrogen) atoms. The van der Waals surface area contributed by atoms with Gasteiger partial charge in [-0.2, -0.15) is 0 Å². The first-order valence-corrected chi connectivity index (χ1v) is 6.50. The number of anilines is 1. The van der Waals surface area contributed by atoms with Gasteiger partial charge < -0.3 is 5.73 Å². The summed E-state index contributed by atoms with van der Waals surface area (Å²) in [5.74, 6) is 0.459. The van der Waals surface area contributed by atoms with Gasteiger partial charge in [0.05, 0.1) is 0 Å². The summed E-state index contributed by atoms with van der Waals surface area (Å²) >= 11 is 5.83. The monoisotopic (exact) mass is 268 g/mol. The van der Waals surface area contributed by atoms with Crippen LogP contribution in [-0.2, 0) is 4.79 Å². The largest absolute Gasteiger partial charge is 0.330 e. The molecule has 0 radical (unpaired) electrons. The van der Waals surface area contributed by atoms with Crippen molar-refractivity contribution in [3.63, 3.8) is 0 Å². The van der Waals surface area contributed by atoms with Gasteiger partial charge in [0.1, 0.15) is 5.15 Å². The first-order valence-electron chi connectivity index (χ1n) is 6.12. The Morgan fingerprint density at radius 1 is 1.56 bits per heavy atom. The van der Waals surface area contributed by atoms with Gasteiger partial charge >= 0.3 is 0 Å². The molecule has 0 spiro atoms. The third-order valence-electron chi connectivity index (χ3n) is 3.36. The van der Waals surface area contributed by atoms with E-state index in [1.165, 1.54) is 0 Å². The molecule has 2 unspecified atom stereocenters. The van der Waals surface area contributed by atoms with Gasteiger partial charge in [-0.1, -0.05) is 18.0 Å². The molecular weight excluding hydrogens is 252 g/mol. The summed E-state index contributed by atoms with van der Waals surface area (Å²) in [7, 11) is 0. The molecule has 1 saturated carbocycles. The van der Waals surface area contributed by atoms with Crippen LogP contribution < -0.4 is 11.1 Å². The van der Waals surface area contributed by atoms with Gasteiger partial charge in [-0.25, -0.2) is 9.97 Å². The Morgan fingerprint density at radius 2 is 2.33 bits per heavy atom. The van der Waals surface area contributed by atoms with Crippen LogP contribution in [0.25, 0.3) is 0 Å². The zero-order valence-electron chi connectivity index (χ0n) is 10.3. The Bertz CT molecular complexity index is 431. The molecule has 1 heterocycles. The molecule has 0 aromatic carbocycles. The van der Waals surface area contributed by atoms with Crippen LogP contribution in [0.15, 0.2) is 6.07 Å². The van der Waals surface area contributed by atoms with Crippen LogP contribution in [0.2, 0.25) is 5.15 Å². The number of aryl methyl sites for hydroxylation is 1. The van der Waals surface area contributed by atoms with E-state index in [9.17, 15) is 4.79 Å². The molecule has 0 saturated heterocycles. The van der Waals surface area contributed by atoms with Gasteiger partial charge in [-0.3, -0.25) is 10.1 Å². The van der Waals surface area contributed by atoms with Gasteiger partial charge in [-0.15, -0.1) is 0 Å². The second-order valence-corrected chi connectivity index (χ2v) is 5.07. The minimum atomic E-state index is -0.0513. The molecule has 1 fully saturated rings. The predicted octanol–water partition coefficient (Wildman–Crippen LogP) is 1.75.